The van der Waals surface area contributed by atoms with Gasteiger partial charge in [-0.3, -0.25) is 5.32 Å². The molecule has 0 radical (unpaired) electrons. The minimum Gasteiger partial charge on any atom is -0.362 e. The fraction of sp³-hybridized carbons (Fsp3) is 0.455. The molecule has 0 aliphatic rings. The van der Waals surface area contributed by atoms with Gasteiger partial charge in [-0.1, -0.05) is 25.1 Å². The third-order valence-corrected chi connectivity index (χ3v) is 1.97. The summed E-state index contributed by atoms with van der Waals surface area (Å²) in [4.78, 5) is 2.20. The molecule has 0 unspecified atom stereocenters. The number of hydrogen-bond acceptors (Lipinski definition) is 2. The van der Waals surface area contributed by atoms with Gasteiger partial charge in [-0.25, -0.2) is 0 Å². The number of rotatable bonds is 5. The standard InChI is InChI=1S/C11H18N2/c1-3-9-12-10-13(2)11-7-5-4-6-8-11/h4-8,12H,3,9-10H2,1-2H3. The molecular formula is C11H18N2. The smallest absolute Gasteiger partial charge is 0.0678 e. The highest BCUT2D eigenvalue weighted by Gasteiger charge is 1.96. The minimum absolute atomic E-state index is 0.915. The van der Waals surface area contributed by atoms with Crippen molar-refractivity contribution < 1.29 is 0 Å². The maximum Gasteiger partial charge on any atom is 0.0678 e. The highest BCUT2D eigenvalue weighted by Crippen LogP contribution is 2.09. The molecule has 0 heterocycles. The van der Waals surface area contributed by atoms with Crippen molar-refractivity contribution in [2.24, 2.45) is 0 Å². The first kappa shape index (κ1) is 10.1. The highest BCUT2D eigenvalue weighted by molar-refractivity contribution is 5.44. The maximum atomic E-state index is 3.36. The summed E-state index contributed by atoms with van der Waals surface area (Å²) in [6.45, 7) is 4.17. The molecule has 2 heteroatoms. The van der Waals surface area contributed by atoms with E-state index in [1.54, 1.807) is 0 Å². The number of nitrogens with zero attached hydrogens (tertiary/aromatic N) is 1. The van der Waals surface area contributed by atoms with Crippen LogP contribution >= 0.6 is 0 Å². The summed E-state index contributed by atoms with van der Waals surface area (Å²) < 4.78 is 0. The third kappa shape index (κ3) is 3.47. The molecule has 0 fully saturated rings. The summed E-state index contributed by atoms with van der Waals surface area (Å²) in [6, 6.07) is 10.4. The van der Waals surface area contributed by atoms with Gasteiger partial charge in [-0.2, -0.15) is 0 Å². The fourth-order valence-electron chi connectivity index (χ4n) is 1.20. The molecule has 72 valence electrons. The minimum atomic E-state index is 0.915. The molecule has 0 aromatic heterocycles. The molecule has 0 bridgehead atoms. The largest absolute Gasteiger partial charge is 0.362 e. The van der Waals surface area contributed by atoms with Gasteiger partial charge in [0, 0.05) is 12.7 Å². The van der Waals surface area contributed by atoms with Gasteiger partial charge in [-0.15, -0.1) is 0 Å². The molecule has 0 atom stereocenters. The van der Waals surface area contributed by atoms with Crippen molar-refractivity contribution in [2.75, 3.05) is 25.2 Å². The van der Waals surface area contributed by atoms with E-state index in [4.69, 9.17) is 0 Å². The van der Waals surface area contributed by atoms with Crippen LogP contribution in [0, 0.1) is 0 Å². The molecule has 13 heavy (non-hydrogen) atoms. The van der Waals surface area contributed by atoms with E-state index in [2.05, 4.69) is 48.5 Å². The topological polar surface area (TPSA) is 15.3 Å². The average molecular weight is 178 g/mol. The van der Waals surface area contributed by atoms with Gasteiger partial charge in [0.05, 0.1) is 6.67 Å². The Labute approximate surface area is 80.6 Å². The van der Waals surface area contributed by atoms with Crippen molar-refractivity contribution in [3.8, 4) is 0 Å². The van der Waals surface area contributed by atoms with Crippen LogP contribution in [0.4, 0.5) is 5.69 Å². The number of hydrogen-bond donors (Lipinski definition) is 1. The molecule has 1 aromatic rings. The van der Waals surface area contributed by atoms with Crippen molar-refractivity contribution in [3.63, 3.8) is 0 Å². The van der Waals surface area contributed by atoms with E-state index >= 15 is 0 Å². The third-order valence-electron chi connectivity index (χ3n) is 1.97. The van der Waals surface area contributed by atoms with Crippen molar-refractivity contribution in [3.05, 3.63) is 30.3 Å². The maximum absolute atomic E-state index is 3.36. The highest BCUT2D eigenvalue weighted by atomic mass is 15.2. The van der Waals surface area contributed by atoms with Gasteiger partial charge in [0.25, 0.3) is 0 Å². The van der Waals surface area contributed by atoms with Crippen molar-refractivity contribution in [2.45, 2.75) is 13.3 Å². The lowest BCUT2D eigenvalue weighted by atomic mass is 10.3. The van der Waals surface area contributed by atoms with Crippen LogP contribution in [-0.4, -0.2) is 20.3 Å². The van der Waals surface area contributed by atoms with E-state index < -0.39 is 0 Å². The molecule has 0 aliphatic carbocycles. The molecule has 1 rings (SSSR count). The van der Waals surface area contributed by atoms with E-state index in [1.807, 2.05) is 6.07 Å². The molecule has 0 aliphatic heterocycles. The second-order valence-electron chi connectivity index (χ2n) is 3.19. The monoisotopic (exact) mass is 178 g/mol. The lowest BCUT2D eigenvalue weighted by Crippen LogP contribution is -2.31. The molecular weight excluding hydrogens is 160 g/mol. The Hall–Kier alpha value is -1.02. The fourth-order valence-corrected chi connectivity index (χ4v) is 1.20. The Balaban J connectivity index is 2.35. The van der Waals surface area contributed by atoms with E-state index in [1.165, 1.54) is 12.1 Å². The summed E-state index contributed by atoms with van der Waals surface area (Å²) in [6.07, 6.45) is 1.18. The molecule has 0 spiro atoms. The second-order valence-corrected chi connectivity index (χ2v) is 3.19. The van der Waals surface area contributed by atoms with Gasteiger partial charge >= 0.3 is 0 Å². The number of nitrogens with one attached hydrogen (secondary N) is 1. The summed E-state index contributed by atoms with van der Waals surface area (Å²) in [5.41, 5.74) is 1.26. The molecule has 0 saturated carbocycles. The van der Waals surface area contributed by atoms with E-state index in [9.17, 15) is 0 Å². The Morgan fingerprint density at radius 3 is 2.54 bits per heavy atom. The first-order chi connectivity index (χ1) is 6.34. The van der Waals surface area contributed by atoms with Gasteiger partial charge in [0.2, 0.25) is 0 Å². The summed E-state index contributed by atoms with van der Waals surface area (Å²) >= 11 is 0. The first-order valence-electron chi connectivity index (χ1n) is 4.81. The molecule has 2 nitrogen and oxygen atoms in total. The Morgan fingerprint density at radius 2 is 1.92 bits per heavy atom. The van der Waals surface area contributed by atoms with Gasteiger partial charge in [0.1, 0.15) is 0 Å². The average Bonchev–Trinajstić information content (AvgIpc) is 2.19. The first-order valence-corrected chi connectivity index (χ1v) is 4.81. The molecule has 0 amide bonds. The van der Waals surface area contributed by atoms with Crippen LogP contribution in [0.5, 0.6) is 0 Å². The van der Waals surface area contributed by atoms with Crippen LogP contribution < -0.4 is 10.2 Å². The Kier molecular flexibility index (Phi) is 4.33. The van der Waals surface area contributed by atoms with Crippen molar-refractivity contribution in [1.29, 1.82) is 0 Å². The zero-order valence-electron chi connectivity index (χ0n) is 8.46. The van der Waals surface area contributed by atoms with Gasteiger partial charge in [0.15, 0.2) is 0 Å². The van der Waals surface area contributed by atoms with Crippen LogP contribution in [-0.2, 0) is 0 Å². The quantitative estimate of drug-likeness (QED) is 0.548. The number of para-hydroxylation sites is 1. The molecule has 1 aromatic carbocycles. The normalized spacial score (nSPS) is 10.0. The second kappa shape index (κ2) is 5.60. The van der Waals surface area contributed by atoms with E-state index in [-0.39, 0.29) is 0 Å². The van der Waals surface area contributed by atoms with Crippen molar-refractivity contribution >= 4 is 5.69 Å². The zero-order valence-corrected chi connectivity index (χ0v) is 8.46. The van der Waals surface area contributed by atoms with E-state index in [0.29, 0.717) is 0 Å². The van der Waals surface area contributed by atoms with E-state index in [0.717, 1.165) is 13.2 Å². The number of anilines is 1. The summed E-state index contributed by atoms with van der Waals surface area (Å²) in [7, 11) is 2.10. The van der Waals surface area contributed by atoms with Gasteiger partial charge in [-0.05, 0) is 25.1 Å². The molecule has 0 saturated heterocycles. The predicted molar refractivity (Wildman–Crippen MR) is 58.0 cm³/mol. The molecule has 1 N–H and O–H groups in total. The Morgan fingerprint density at radius 1 is 1.23 bits per heavy atom. The van der Waals surface area contributed by atoms with Crippen molar-refractivity contribution in [1.82, 2.24) is 5.32 Å². The number of benzene rings is 1. The van der Waals surface area contributed by atoms with Crippen LogP contribution in [0.2, 0.25) is 0 Å². The lowest BCUT2D eigenvalue weighted by molar-refractivity contribution is 0.665. The summed E-state index contributed by atoms with van der Waals surface area (Å²) in [5, 5.41) is 3.36. The Bertz CT molecular complexity index is 221. The SMILES string of the molecule is CCCNCN(C)c1ccccc1. The van der Waals surface area contributed by atoms with Crippen LogP contribution in [0.1, 0.15) is 13.3 Å². The zero-order chi connectivity index (χ0) is 9.52. The predicted octanol–water partition coefficient (Wildman–Crippen LogP) is 2.08. The van der Waals surface area contributed by atoms with Crippen LogP contribution in [0.3, 0.4) is 0 Å². The van der Waals surface area contributed by atoms with Gasteiger partial charge < -0.3 is 4.90 Å². The lowest BCUT2D eigenvalue weighted by Gasteiger charge is -2.19. The van der Waals surface area contributed by atoms with Crippen LogP contribution in [0.25, 0.3) is 0 Å². The van der Waals surface area contributed by atoms with Crippen LogP contribution in [0.15, 0.2) is 30.3 Å². The summed E-state index contributed by atoms with van der Waals surface area (Å²) in [5.74, 6) is 0.